The van der Waals surface area contributed by atoms with Gasteiger partial charge in [0.25, 0.3) is 0 Å². The quantitative estimate of drug-likeness (QED) is 0.506. The number of carbonyl (C=O) groups is 1. The summed E-state index contributed by atoms with van der Waals surface area (Å²) >= 11 is 6.11. The van der Waals surface area contributed by atoms with Crippen molar-refractivity contribution in [3.05, 3.63) is 71.4 Å². The van der Waals surface area contributed by atoms with Crippen LogP contribution in [0.15, 0.2) is 55.0 Å². The zero-order valence-electron chi connectivity index (χ0n) is 14.1. The second-order valence-electron chi connectivity index (χ2n) is 5.88. The highest BCUT2D eigenvalue weighted by Gasteiger charge is 2.18. The Kier molecular flexibility index (Phi) is 4.26. The molecule has 26 heavy (non-hydrogen) atoms. The zero-order chi connectivity index (χ0) is 18.1. The van der Waals surface area contributed by atoms with E-state index in [4.69, 9.17) is 11.6 Å². The minimum absolute atomic E-state index is 0.110. The molecule has 0 aliphatic heterocycles. The average Bonchev–Trinajstić information content (AvgIpc) is 3.25. The number of aromatic nitrogens is 5. The molecule has 4 rings (SSSR count). The first-order valence-electron chi connectivity index (χ1n) is 8.30. The first-order chi connectivity index (χ1) is 12.7. The van der Waals surface area contributed by atoms with E-state index in [0.717, 1.165) is 11.3 Å². The van der Waals surface area contributed by atoms with Gasteiger partial charge in [-0.15, -0.1) is 0 Å². The number of ketones is 1. The largest absolute Gasteiger partial charge is 0.292 e. The Labute approximate surface area is 155 Å². The van der Waals surface area contributed by atoms with Gasteiger partial charge in [-0.25, -0.2) is 9.97 Å². The molecule has 6 nitrogen and oxygen atoms in total. The normalized spacial score (nSPS) is 11.2. The maximum absolute atomic E-state index is 12.6. The van der Waals surface area contributed by atoms with Gasteiger partial charge in [-0.1, -0.05) is 41.9 Å². The topological polar surface area (TPSA) is 65.1 Å². The maximum Gasteiger partial charge on any atom is 0.234 e. The predicted molar refractivity (Wildman–Crippen MR) is 99.4 cm³/mol. The second kappa shape index (κ2) is 6.72. The highest BCUT2D eigenvalue weighted by molar-refractivity contribution is 6.33. The first kappa shape index (κ1) is 16.5. The van der Waals surface area contributed by atoms with Crippen LogP contribution in [-0.2, 0) is 13.0 Å². The van der Waals surface area contributed by atoms with Crippen LogP contribution < -0.4 is 0 Å². The van der Waals surface area contributed by atoms with Crippen molar-refractivity contribution in [2.45, 2.75) is 19.9 Å². The SMILES string of the molecule is CCn1ncc(Cl)c1C(=O)Cc1ccn2cc(-c3ccccc3)nc2n1. The predicted octanol–water partition coefficient (Wildman–Crippen LogP) is 3.69. The Morgan fingerprint density at radius 2 is 1.96 bits per heavy atom. The number of hydrogen-bond donors (Lipinski definition) is 0. The monoisotopic (exact) mass is 365 g/mol. The fourth-order valence-electron chi connectivity index (χ4n) is 2.88. The van der Waals surface area contributed by atoms with E-state index in [9.17, 15) is 4.79 Å². The fourth-order valence-corrected chi connectivity index (χ4v) is 3.13. The molecule has 4 aromatic rings. The molecule has 3 aromatic heterocycles. The smallest absolute Gasteiger partial charge is 0.234 e. The number of Topliss-reactive ketones (excluding diaryl/α,β-unsaturated/α-hetero) is 1. The number of aryl methyl sites for hydroxylation is 1. The summed E-state index contributed by atoms with van der Waals surface area (Å²) in [4.78, 5) is 21.7. The molecule has 130 valence electrons. The van der Waals surface area contributed by atoms with E-state index in [1.165, 1.54) is 6.20 Å². The molecule has 0 amide bonds. The van der Waals surface area contributed by atoms with Gasteiger partial charge in [-0.3, -0.25) is 13.9 Å². The Morgan fingerprint density at radius 3 is 2.73 bits per heavy atom. The number of hydrogen-bond acceptors (Lipinski definition) is 4. The molecule has 0 saturated heterocycles. The van der Waals surface area contributed by atoms with Gasteiger partial charge in [0.15, 0.2) is 5.78 Å². The molecule has 1 aromatic carbocycles. The van der Waals surface area contributed by atoms with Crippen molar-refractivity contribution in [2.24, 2.45) is 0 Å². The summed E-state index contributed by atoms with van der Waals surface area (Å²) in [6.45, 7) is 2.50. The summed E-state index contributed by atoms with van der Waals surface area (Å²) < 4.78 is 3.45. The zero-order valence-corrected chi connectivity index (χ0v) is 14.9. The third kappa shape index (κ3) is 2.99. The van der Waals surface area contributed by atoms with Crippen LogP contribution in [0, 0.1) is 0 Å². The van der Waals surface area contributed by atoms with Crippen molar-refractivity contribution in [3.8, 4) is 11.3 Å². The van der Waals surface area contributed by atoms with Gasteiger partial charge in [0.05, 0.1) is 29.0 Å². The molecule has 0 N–H and O–H groups in total. The summed E-state index contributed by atoms with van der Waals surface area (Å²) in [7, 11) is 0. The lowest BCUT2D eigenvalue weighted by Gasteiger charge is -2.04. The number of nitrogens with zero attached hydrogens (tertiary/aromatic N) is 5. The average molecular weight is 366 g/mol. The minimum Gasteiger partial charge on any atom is -0.292 e. The lowest BCUT2D eigenvalue weighted by atomic mass is 10.1. The molecular formula is C19H16ClN5O. The van der Waals surface area contributed by atoms with Gasteiger partial charge >= 0.3 is 0 Å². The number of fused-ring (bicyclic) bond motifs is 1. The van der Waals surface area contributed by atoms with Crippen LogP contribution in [0.3, 0.4) is 0 Å². The molecule has 0 radical (unpaired) electrons. The van der Waals surface area contributed by atoms with Crippen molar-refractivity contribution in [1.29, 1.82) is 0 Å². The number of imidazole rings is 1. The van der Waals surface area contributed by atoms with Gasteiger partial charge < -0.3 is 0 Å². The van der Waals surface area contributed by atoms with E-state index in [0.29, 0.717) is 28.7 Å². The van der Waals surface area contributed by atoms with Crippen LogP contribution >= 0.6 is 11.6 Å². The van der Waals surface area contributed by atoms with Crippen LogP contribution in [0.1, 0.15) is 23.1 Å². The molecule has 0 aliphatic rings. The second-order valence-corrected chi connectivity index (χ2v) is 6.28. The molecule has 3 heterocycles. The number of benzene rings is 1. The summed E-state index contributed by atoms with van der Waals surface area (Å²) in [6, 6.07) is 11.7. The molecular weight excluding hydrogens is 350 g/mol. The molecule has 0 bridgehead atoms. The molecule has 0 fully saturated rings. The van der Waals surface area contributed by atoms with Crippen molar-refractivity contribution in [1.82, 2.24) is 24.1 Å². The molecule has 0 atom stereocenters. The van der Waals surface area contributed by atoms with Crippen LogP contribution in [0.2, 0.25) is 5.02 Å². The highest BCUT2D eigenvalue weighted by Crippen LogP contribution is 2.20. The molecule has 0 spiro atoms. The van der Waals surface area contributed by atoms with Crippen molar-refractivity contribution >= 4 is 23.2 Å². The van der Waals surface area contributed by atoms with Crippen LogP contribution in [0.4, 0.5) is 0 Å². The van der Waals surface area contributed by atoms with E-state index in [1.807, 2.05) is 60.1 Å². The Balaban J connectivity index is 1.63. The van der Waals surface area contributed by atoms with Gasteiger partial charge in [-0.2, -0.15) is 5.10 Å². The molecule has 0 aliphatic carbocycles. The van der Waals surface area contributed by atoms with Crippen molar-refractivity contribution in [3.63, 3.8) is 0 Å². The van der Waals surface area contributed by atoms with Gasteiger partial charge in [0.1, 0.15) is 5.69 Å². The van der Waals surface area contributed by atoms with E-state index < -0.39 is 0 Å². The van der Waals surface area contributed by atoms with Crippen molar-refractivity contribution < 1.29 is 4.79 Å². The van der Waals surface area contributed by atoms with E-state index in [1.54, 1.807) is 4.68 Å². The maximum atomic E-state index is 12.6. The van der Waals surface area contributed by atoms with Crippen LogP contribution in [0.25, 0.3) is 17.0 Å². The van der Waals surface area contributed by atoms with Gasteiger partial charge in [-0.05, 0) is 13.0 Å². The van der Waals surface area contributed by atoms with Gasteiger partial charge in [0, 0.05) is 24.5 Å². The Hall–Kier alpha value is -2.99. The third-order valence-corrected chi connectivity index (χ3v) is 4.43. The summed E-state index contributed by atoms with van der Waals surface area (Å²) in [6.07, 6.45) is 5.43. The van der Waals surface area contributed by atoms with E-state index in [-0.39, 0.29) is 12.2 Å². The highest BCUT2D eigenvalue weighted by atomic mass is 35.5. The number of halogens is 1. The van der Waals surface area contributed by atoms with Gasteiger partial charge in [0.2, 0.25) is 5.78 Å². The molecule has 0 saturated carbocycles. The Morgan fingerprint density at radius 1 is 1.15 bits per heavy atom. The number of rotatable bonds is 5. The Bertz CT molecular complexity index is 1080. The standard InChI is InChI=1S/C19H16ClN5O/c1-2-25-18(15(20)11-21-25)17(26)10-14-8-9-24-12-16(23-19(24)22-14)13-6-4-3-5-7-13/h3-9,11-12H,2,10H2,1H3. The summed E-state index contributed by atoms with van der Waals surface area (Å²) in [5, 5.41) is 4.48. The minimum atomic E-state index is -0.110. The molecule has 0 unspecified atom stereocenters. The van der Waals surface area contributed by atoms with E-state index >= 15 is 0 Å². The van der Waals surface area contributed by atoms with Crippen LogP contribution in [-0.4, -0.2) is 29.9 Å². The lowest BCUT2D eigenvalue weighted by molar-refractivity contribution is 0.0982. The summed E-state index contributed by atoms with van der Waals surface area (Å²) in [5.74, 6) is 0.449. The number of carbonyl (C=O) groups excluding carboxylic acids is 1. The first-order valence-corrected chi connectivity index (χ1v) is 8.68. The third-order valence-electron chi connectivity index (χ3n) is 4.15. The van der Waals surface area contributed by atoms with Crippen LogP contribution in [0.5, 0.6) is 0 Å². The summed E-state index contributed by atoms with van der Waals surface area (Å²) in [5.41, 5.74) is 2.93. The molecule has 7 heteroatoms. The van der Waals surface area contributed by atoms with Crippen molar-refractivity contribution in [2.75, 3.05) is 0 Å². The fraction of sp³-hybridized carbons (Fsp3) is 0.158. The van der Waals surface area contributed by atoms with E-state index in [2.05, 4.69) is 15.1 Å². The lowest BCUT2D eigenvalue weighted by Crippen LogP contribution is -2.13.